The van der Waals surface area contributed by atoms with Crippen LogP contribution in [0.25, 0.3) is 0 Å². The number of phenolic OH excluding ortho intramolecular Hbond substituents is 1. The number of methoxy groups -OCH3 is 1. The Kier molecular flexibility index (Phi) is 7.78. The molecule has 3 amide bonds. The summed E-state index contributed by atoms with van der Waals surface area (Å²) in [6.07, 6.45) is -0.191. The number of esters is 1. The van der Waals surface area contributed by atoms with Crippen LogP contribution in [0.5, 0.6) is 11.5 Å². The zero-order chi connectivity index (χ0) is 27.2. The zero-order valence-corrected chi connectivity index (χ0v) is 20.2. The molecule has 1 fully saturated rings. The van der Waals surface area contributed by atoms with Gasteiger partial charge in [0.1, 0.15) is 17.5 Å². The van der Waals surface area contributed by atoms with Crippen LogP contribution in [-0.2, 0) is 14.3 Å². The van der Waals surface area contributed by atoms with Gasteiger partial charge in [-0.15, -0.1) is 0 Å². The minimum atomic E-state index is -0.991. The van der Waals surface area contributed by atoms with Gasteiger partial charge in [0.15, 0.2) is 6.61 Å². The van der Waals surface area contributed by atoms with Gasteiger partial charge < -0.3 is 14.6 Å². The summed E-state index contributed by atoms with van der Waals surface area (Å²) in [6, 6.07) is 16.6. The SMILES string of the molecule is COc1ccccc1C(=O)COC(=O)c1ccc(N2C(=O)CC(NNC(=O)c3ccc(O)cc3)C2=O)cc1. The van der Waals surface area contributed by atoms with Crippen molar-refractivity contribution in [3.63, 3.8) is 0 Å². The third-order valence-electron chi connectivity index (χ3n) is 5.74. The van der Waals surface area contributed by atoms with E-state index in [1.807, 2.05) is 0 Å². The number of rotatable bonds is 9. The van der Waals surface area contributed by atoms with Crippen molar-refractivity contribution in [2.45, 2.75) is 12.5 Å². The van der Waals surface area contributed by atoms with E-state index in [9.17, 15) is 29.1 Å². The number of amides is 3. The Bertz CT molecular complexity index is 1390. The number of Topliss-reactive ketones (excluding diaryl/α,β-unsaturated/α-hetero) is 1. The van der Waals surface area contributed by atoms with Crippen LogP contribution in [0.3, 0.4) is 0 Å². The Hall–Kier alpha value is -5.03. The van der Waals surface area contributed by atoms with E-state index in [0.29, 0.717) is 5.75 Å². The smallest absolute Gasteiger partial charge is 0.338 e. The number of hydrogen-bond acceptors (Lipinski definition) is 9. The van der Waals surface area contributed by atoms with Gasteiger partial charge in [-0.1, -0.05) is 12.1 Å². The summed E-state index contributed by atoms with van der Waals surface area (Å²) in [5.74, 6) is -2.45. The number of hydrazine groups is 1. The number of benzene rings is 3. The number of nitrogens with one attached hydrogen (secondary N) is 2. The maximum atomic E-state index is 12.8. The standard InChI is InChI=1S/C27H23N3O8/c1-37-23-5-3-2-4-20(23)22(32)15-38-27(36)17-6-10-18(11-7-17)30-24(33)14-21(26(30)35)28-29-25(34)16-8-12-19(31)13-9-16/h2-13,21,28,31H,14-15H2,1H3,(H,29,34). The van der Waals surface area contributed by atoms with Gasteiger partial charge in [-0.3, -0.25) is 24.6 Å². The average molecular weight is 517 g/mol. The molecule has 4 rings (SSSR count). The van der Waals surface area contributed by atoms with Crippen molar-refractivity contribution < 1.29 is 38.6 Å². The summed E-state index contributed by atoms with van der Waals surface area (Å²) in [4.78, 5) is 63.3. The molecule has 0 radical (unpaired) electrons. The Morgan fingerprint density at radius 3 is 2.29 bits per heavy atom. The van der Waals surface area contributed by atoms with Crippen molar-refractivity contribution in [3.05, 3.63) is 89.5 Å². The lowest BCUT2D eigenvalue weighted by Crippen LogP contribution is -2.48. The molecule has 3 aromatic carbocycles. The van der Waals surface area contributed by atoms with Crippen LogP contribution >= 0.6 is 0 Å². The molecular weight excluding hydrogens is 494 g/mol. The van der Waals surface area contributed by atoms with Crippen molar-refractivity contribution in [1.82, 2.24) is 10.9 Å². The maximum absolute atomic E-state index is 12.8. The molecule has 0 aromatic heterocycles. The lowest BCUT2D eigenvalue weighted by Gasteiger charge is -2.16. The predicted octanol–water partition coefficient (Wildman–Crippen LogP) is 2.01. The normalized spacial score (nSPS) is 14.8. The topological polar surface area (TPSA) is 151 Å². The van der Waals surface area contributed by atoms with Gasteiger partial charge in [0.25, 0.3) is 11.8 Å². The van der Waals surface area contributed by atoms with Crippen molar-refractivity contribution in [2.24, 2.45) is 0 Å². The highest BCUT2D eigenvalue weighted by atomic mass is 16.5. The summed E-state index contributed by atoms with van der Waals surface area (Å²) in [5, 5.41) is 9.32. The van der Waals surface area contributed by atoms with Crippen LogP contribution in [0, 0.1) is 0 Å². The molecule has 1 unspecified atom stereocenters. The molecule has 11 heteroatoms. The number of phenols is 1. The molecule has 38 heavy (non-hydrogen) atoms. The van der Waals surface area contributed by atoms with Crippen LogP contribution < -0.4 is 20.5 Å². The molecule has 1 heterocycles. The number of ether oxygens (including phenoxy) is 2. The van der Waals surface area contributed by atoms with Gasteiger partial charge in [0, 0.05) is 5.56 Å². The van der Waals surface area contributed by atoms with E-state index >= 15 is 0 Å². The average Bonchev–Trinajstić information content (AvgIpc) is 3.22. The predicted molar refractivity (Wildman–Crippen MR) is 134 cm³/mol. The summed E-state index contributed by atoms with van der Waals surface area (Å²) < 4.78 is 10.3. The third kappa shape index (κ3) is 5.68. The van der Waals surface area contributed by atoms with Crippen LogP contribution in [0.4, 0.5) is 5.69 Å². The van der Waals surface area contributed by atoms with E-state index in [4.69, 9.17) is 9.47 Å². The van der Waals surface area contributed by atoms with E-state index in [2.05, 4.69) is 10.9 Å². The number of carbonyl (C=O) groups is 5. The van der Waals surface area contributed by atoms with Crippen LogP contribution in [-0.4, -0.2) is 54.3 Å². The minimum absolute atomic E-state index is 0.00217. The van der Waals surface area contributed by atoms with E-state index in [1.165, 1.54) is 55.6 Å². The molecular formula is C27H23N3O8. The second kappa shape index (κ2) is 11.4. The van der Waals surface area contributed by atoms with Crippen LogP contribution in [0.1, 0.15) is 37.5 Å². The van der Waals surface area contributed by atoms with Gasteiger partial charge in [-0.05, 0) is 60.7 Å². The summed E-state index contributed by atoms with van der Waals surface area (Å²) in [5.41, 5.74) is 5.83. The number of anilines is 1. The number of carbonyl (C=O) groups excluding carboxylic acids is 5. The number of hydrogen-bond donors (Lipinski definition) is 3. The Labute approximate surface area is 216 Å². The zero-order valence-electron chi connectivity index (χ0n) is 20.2. The van der Waals surface area contributed by atoms with Gasteiger partial charge in [-0.25, -0.2) is 15.1 Å². The molecule has 0 aliphatic carbocycles. The molecule has 0 spiro atoms. The molecule has 3 N–H and O–H groups in total. The van der Waals surface area contributed by atoms with E-state index < -0.39 is 42.1 Å². The minimum Gasteiger partial charge on any atom is -0.508 e. The number of aromatic hydroxyl groups is 1. The summed E-state index contributed by atoms with van der Waals surface area (Å²) in [7, 11) is 1.43. The van der Waals surface area contributed by atoms with Gasteiger partial charge in [0.2, 0.25) is 11.7 Å². The first-order valence-corrected chi connectivity index (χ1v) is 11.4. The number of nitrogens with zero attached hydrogens (tertiary/aromatic N) is 1. The summed E-state index contributed by atoms with van der Waals surface area (Å²) in [6.45, 7) is -0.493. The lowest BCUT2D eigenvalue weighted by molar-refractivity contribution is -0.121. The largest absolute Gasteiger partial charge is 0.508 e. The molecule has 194 valence electrons. The van der Waals surface area contributed by atoms with Gasteiger partial charge in [-0.2, -0.15) is 0 Å². The first-order valence-electron chi connectivity index (χ1n) is 11.4. The third-order valence-corrected chi connectivity index (χ3v) is 5.74. The monoisotopic (exact) mass is 517 g/mol. The Morgan fingerprint density at radius 1 is 0.947 bits per heavy atom. The highest BCUT2D eigenvalue weighted by Gasteiger charge is 2.39. The van der Waals surface area contributed by atoms with Crippen molar-refractivity contribution in [1.29, 1.82) is 0 Å². The molecule has 1 aliphatic rings. The van der Waals surface area contributed by atoms with E-state index in [1.54, 1.807) is 24.3 Å². The Balaban J connectivity index is 1.34. The fourth-order valence-corrected chi connectivity index (χ4v) is 3.77. The highest BCUT2D eigenvalue weighted by molar-refractivity contribution is 6.22. The van der Waals surface area contributed by atoms with Crippen LogP contribution in [0.2, 0.25) is 0 Å². The van der Waals surface area contributed by atoms with E-state index in [0.717, 1.165) is 4.90 Å². The highest BCUT2D eigenvalue weighted by Crippen LogP contribution is 2.24. The number of ketones is 1. The van der Waals surface area contributed by atoms with Crippen molar-refractivity contribution in [2.75, 3.05) is 18.6 Å². The second-order valence-electron chi connectivity index (χ2n) is 8.22. The molecule has 1 saturated heterocycles. The quantitative estimate of drug-likeness (QED) is 0.168. The first kappa shape index (κ1) is 26.0. The molecule has 0 bridgehead atoms. The Morgan fingerprint density at radius 2 is 1.61 bits per heavy atom. The van der Waals surface area contributed by atoms with Gasteiger partial charge in [0.05, 0.1) is 30.3 Å². The molecule has 3 aromatic rings. The van der Waals surface area contributed by atoms with Crippen LogP contribution in [0.15, 0.2) is 72.8 Å². The molecule has 11 nitrogen and oxygen atoms in total. The fourth-order valence-electron chi connectivity index (χ4n) is 3.77. The van der Waals surface area contributed by atoms with E-state index in [-0.39, 0.29) is 34.5 Å². The van der Waals surface area contributed by atoms with Crippen molar-refractivity contribution in [3.8, 4) is 11.5 Å². The molecule has 1 aliphatic heterocycles. The number of imide groups is 1. The molecule has 1 atom stereocenters. The summed E-state index contributed by atoms with van der Waals surface area (Å²) >= 11 is 0. The van der Waals surface area contributed by atoms with Crippen molar-refractivity contribution >= 4 is 35.2 Å². The lowest BCUT2D eigenvalue weighted by atomic mass is 10.1. The second-order valence-corrected chi connectivity index (χ2v) is 8.22. The number of para-hydroxylation sites is 1. The maximum Gasteiger partial charge on any atom is 0.338 e. The molecule has 0 saturated carbocycles. The van der Waals surface area contributed by atoms with Gasteiger partial charge >= 0.3 is 5.97 Å². The first-order chi connectivity index (χ1) is 18.3. The fraction of sp³-hybridized carbons (Fsp3) is 0.148.